The number of carbonyl (C=O) groups excluding carboxylic acids is 1. The van der Waals surface area contributed by atoms with Crippen molar-refractivity contribution in [2.24, 2.45) is 5.73 Å². The normalized spacial score (nSPS) is 10.4. The summed E-state index contributed by atoms with van der Waals surface area (Å²) in [5.41, 5.74) is 6.46. The van der Waals surface area contributed by atoms with Crippen molar-refractivity contribution in [3.8, 4) is 0 Å². The number of anilines is 1. The molecule has 0 aromatic carbocycles. The molecule has 0 spiro atoms. The first-order valence-corrected chi connectivity index (χ1v) is 7.21. The molecule has 0 radical (unpaired) electrons. The molecular formula is C15H25N3O. The van der Waals surface area contributed by atoms with E-state index in [0.29, 0.717) is 18.8 Å². The zero-order valence-electron chi connectivity index (χ0n) is 11.8. The number of nitrogens with one attached hydrogen (secondary N) is 1. The molecule has 4 nitrogen and oxygen atoms in total. The predicted molar refractivity (Wildman–Crippen MR) is 78.8 cm³/mol. The summed E-state index contributed by atoms with van der Waals surface area (Å²) in [6.45, 7) is 2.68. The highest BCUT2D eigenvalue weighted by molar-refractivity contribution is 5.89. The molecule has 0 saturated carbocycles. The highest BCUT2D eigenvalue weighted by Gasteiger charge is 2.03. The van der Waals surface area contributed by atoms with Gasteiger partial charge in [-0.2, -0.15) is 0 Å². The fourth-order valence-corrected chi connectivity index (χ4v) is 1.89. The van der Waals surface area contributed by atoms with Crippen LogP contribution in [0.25, 0.3) is 0 Å². The van der Waals surface area contributed by atoms with Crippen molar-refractivity contribution in [1.29, 1.82) is 0 Å². The Hall–Kier alpha value is -1.42. The van der Waals surface area contributed by atoms with Crippen molar-refractivity contribution >= 4 is 11.7 Å². The van der Waals surface area contributed by atoms with Gasteiger partial charge in [0.15, 0.2) is 0 Å². The van der Waals surface area contributed by atoms with E-state index < -0.39 is 0 Å². The highest BCUT2D eigenvalue weighted by atomic mass is 16.1. The largest absolute Gasteiger partial charge is 0.326 e. The number of unbranched alkanes of at least 4 members (excludes halogenated alkanes) is 5. The Bertz CT molecular complexity index is 362. The van der Waals surface area contributed by atoms with Crippen LogP contribution >= 0.6 is 0 Å². The van der Waals surface area contributed by atoms with E-state index in [2.05, 4.69) is 17.2 Å². The van der Waals surface area contributed by atoms with Crippen LogP contribution in [0.3, 0.4) is 0 Å². The minimum atomic E-state index is 0.0449. The van der Waals surface area contributed by atoms with Crippen LogP contribution in [0.2, 0.25) is 0 Å². The highest BCUT2D eigenvalue weighted by Crippen LogP contribution is 2.09. The maximum Gasteiger partial charge on any atom is 0.225 e. The molecule has 106 valence electrons. The van der Waals surface area contributed by atoms with Gasteiger partial charge in [-0.15, -0.1) is 0 Å². The summed E-state index contributed by atoms with van der Waals surface area (Å²) in [7, 11) is 0. The van der Waals surface area contributed by atoms with E-state index in [0.717, 1.165) is 18.4 Å². The van der Waals surface area contributed by atoms with Gasteiger partial charge in [-0.1, -0.05) is 45.1 Å². The van der Waals surface area contributed by atoms with Crippen molar-refractivity contribution in [3.63, 3.8) is 0 Å². The third-order valence-corrected chi connectivity index (χ3v) is 3.09. The molecular weight excluding hydrogens is 238 g/mol. The Morgan fingerprint density at radius 3 is 2.58 bits per heavy atom. The minimum absolute atomic E-state index is 0.0449. The standard InChI is InChI=1S/C15H25N3O/c1-2-3-4-5-6-7-8-15(19)18-14-10-9-13(11-16)12-17-14/h9-10,12H,2-8,11,16H2,1H3,(H,17,18,19). The summed E-state index contributed by atoms with van der Waals surface area (Å²) < 4.78 is 0. The van der Waals surface area contributed by atoms with Crippen molar-refractivity contribution in [3.05, 3.63) is 23.9 Å². The Labute approximate surface area is 115 Å². The molecule has 0 fully saturated rings. The number of hydrogen-bond acceptors (Lipinski definition) is 3. The lowest BCUT2D eigenvalue weighted by Crippen LogP contribution is -2.12. The van der Waals surface area contributed by atoms with Gasteiger partial charge < -0.3 is 11.1 Å². The molecule has 19 heavy (non-hydrogen) atoms. The molecule has 1 aromatic heterocycles. The summed E-state index contributed by atoms with van der Waals surface area (Å²) in [6, 6.07) is 3.68. The van der Waals surface area contributed by atoms with Gasteiger partial charge in [0.2, 0.25) is 5.91 Å². The number of nitrogens with zero attached hydrogens (tertiary/aromatic N) is 1. The molecule has 0 saturated heterocycles. The fourth-order valence-electron chi connectivity index (χ4n) is 1.89. The van der Waals surface area contributed by atoms with E-state index in [1.807, 2.05) is 6.07 Å². The topological polar surface area (TPSA) is 68.0 Å². The van der Waals surface area contributed by atoms with Gasteiger partial charge in [0.25, 0.3) is 0 Å². The van der Waals surface area contributed by atoms with Crippen LogP contribution in [0.5, 0.6) is 0 Å². The van der Waals surface area contributed by atoms with E-state index in [-0.39, 0.29) is 5.91 Å². The Morgan fingerprint density at radius 2 is 1.95 bits per heavy atom. The fraction of sp³-hybridized carbons (Fsp3) is 0.600. The summed E-state index contributed by atoms with van der Waals surface area (Å²) >= 11 is 0. The molecule has 4 heteroatoms. The number of carbonyl (C=O) groups is 1. The van der Waals surface area contributed by atoms with Crippen molar-refractivity contribution < 1.29 is 4.79 Å². The molecule has 0 bridgehead atoms. The lowest BCUT2D eigenvalue weighted by atomic mass is 10.1. The summed E-state index contributed by atoms with van der Waals surface area (Å²) in [5, 5.41) is 2.80. The molecule has 3 N–H and O–H groups in total. The third-order valence-electron chi connectivity index (χ3n) is 3.09. The summed E-state index contributed by atoms with van der Waals surface area (Å²) in [5.74, 6) is 0.650. The first-order valence-electron chi connectivity index (χ1n) is 7.21. The Balaban J connectivity index is 2.16. The van der Waals surface area contributed by atoms with E-state index in [4.69, 9.17) is 5.73 Å². The Kier molecular flexibility index (Phi) is 7.82. The molecule has 0 aliphatic rings. The maximum atomic E-state index is 11.7. The summed E-state index contributed by atoms with van der Waals surface area (Å²) in [4.78, 5) is 15.8. The number of hydrogen-bond donors (Lipinski definition) is 2. The lowest BCUT2D eigenvalue weighted by Gasteiger charge is -2.05. The third kappa shape index (κ3) is 6.91. The van der Waals surface area contributed by atoms with E-state index in [9.17, 15) is 4.79 Å². The van der Waals surface area contributed by atoms with Gasteiger partial charge >= 0.3 is 0 Å². The molecule has 1 amide bonds. The first kappa shape index (κ1) is 15.6. The van der Waals surface area contributed by atoms with Gasteiger partial charge in [-0.25, -0.2) is 4.98 Å². The monoisotopic (exact) mass is 263 g/mol. The lowest BCUT2D eigenvalue weighted by molar-refractivity contribution is -0.116. The average molecular weight is 263 g/mol. The molecule has 0 aliphatic heterocycles. The van der Waals surface area contributed by atoms with Gasteiger partial charge in [-0.05, 0) is 18.1 Å². The van der Waals surface area contributed by atoms with Crippen LogP contribution in [0.4, 0.5) is 5.82 Å². The van der Waals surface area contributed by atoms with E-state index in [1.54, 1.807) is 12.3 Å². The SMILES string of the molecule is CCCCCCCCC(=O)Nc1ccc(CN)cn1. The maximum absolute atomic E-state index is 11.7. The zero-order valence-corrected chi connectivity index (χ0v) is 11.8. The zero-order chi connectivity index (χ0) is 13.9. The van der Waals surface area contributed by atoms with Gasteiger partial charge in [0, 0.05) is 19.2 Å². The van der Waals surface area contributed by atoms with E-state index >= 15 is 0 Å². The minimum Gasteiger partial charge on any atom is -0.326 e. The number of pyridine rings is 1. The quantitative estimate of drug-likeness (QED) is 0.672. The van der Waals surface area contributed by atoms with Crippen LogP contribution in [0, 0.1) is 0 Å². The molecule has 1 aromatic rings. The molecule has 0 atom stereocenters. The first-order chi connectivity index (χ1) is 9.26. The average Bonchev–Trinajstić information content (AvgIpc) is 2.43. The second kappa shape index (κ2) is 9.50. The number of rotatable bonds is 9. The van der Waals surface area contributed by atoms with Crippen molar-refractivity contribution in [1.82, 2.24) is 4.98 Å². The van der Waals surface area contributed by atoms with Crippen LogP contribution in [-0.2, 0) is 11.3 Å². The number of aromatic nitrogens is 1. The number of nitrogens with two attached hydrogens (primary N) is 1. The van der Waals surface area contributed by atoms with Crippen molar-refractivity contribution in [2.75, 3.05) is 5.32 Å². The van der Waals surface area contributed by atoms with Gasteiger partial charge in [-0.3, -0.25) is 4.79 Å². The molecule has 0 aliphatic carbocycles. The number of amides is 1. The summed E-state index contributed by atoms with van der Waals surface area (Å²) in [6.07, 6.45) is 9.41. The van der Waals surface area contributed by atoms with E-state index in [1.165, 1.54) is 25.7 Å². The van der Waals surface area contributed by atoms with Crippen LogP contribution in [-0.4, -0.2) is 10.9 Å². The van der Waals surface area contributed by atoms with Crippen LogP contribution in [0.1, 0.15) is 57.4 Å². The van der Waals surface area contributed by atoms with Gasteiger partial charge in [0.05, 0.1) is 0 Å². The molecule has 1 heterocycles. The van der Waals surface area contributed by atoms with Crippen LogP contribution < -0.4 is 11.1 Å². The predicted octanol–water partition coefficient (Wildman–Crippen LogP) is 3.23. The van der Waals surface area contributed by atoms with Crippen molar-refractivity contribution in [2.45, 2.75) is 58.4 Å². The smallest absolute Gasteiger partial charge is 0.225 e. The van der Waals surface area contributed by atoms with Gasteiger partial charge in [0.1, 0.15) is 5.82 Å². The van der Waals surface area contributed by atoms with Crippen LogP contribution in [0.15, 0.2) is 18.3 Å². The Morgan fingerprint density at radius 1 is 1.21 bits per heavy atom. The molecule has 1 rings (SSSR count). The second-order valence-electron chi connectivity index (χ2n) is 4.82. The molecule has 0 unspecified atom stereocenters. The second-order valence-corrected chi connectivity index (χ2v) is 4.82.